The molecule has 1 saturated carbocycles. The van der Waals surface area contributed by atoms with Crippen molar-refractivity contribution < 1.29 is 52.8 Å². The first kappa shape index (κ1) is 47.5. The molecule has 4 saturated heterocycles. The highest BCUT2D eigenvalue weighted by Gasteiger charge is 2.58. The number of allylic oxidation sites excluding steroid dienone is 2. The van der Waals surface area contributed by atoms with Crippen LogP contribution in [0.15, 0.2) is 36.0 Å². The smallest absolute Gasteiger partial charge is 0.303 e. The maximum absolute atomic E-state index is 13.2. The lowest BCUT2D eigenvalue weighted by Crippen LogP contribution is -2.51. The van der Waals surface area contributed by atoms with Gasteiger partial charge in [-0.2, -0.15) is 12.6 Å². The molecule has 4 N–H and O–H groups in total. The summed E-state index contributed by atoms with van der Waals surface area (Å²) in [5, 5.41) is 19.9. The Morgan fingerprint density at radius 1 is 0.983 bits per heavy atom. The number of aliphatic hydroxyl groups excluding tert-OH is 1. The molecule has 5 rings (SSSR count). The van der Waals surface area contributed by atoms with E-state index in [1.54, 1.807) is 13.0 Å². The molecule has 4 heterocycles. The van der Waals surface area contributed by atoms with E-state index in [-0.39, 0.29) is 78.6 Å². The number of imide groups is 1. The number of carbonyl (C=O) groups is 6. The van der Waals surface area contributed by atoms with Crippen LogP contribution in [0.5, 0.6) is 0 Å². The predicted octanol–water partition coefficient (Wildman–Crippen LogP) is 3.52. The lowest BCUT2D eigenvalue weighted by molar-refractivity contribution is -0.146. The minimum Gasteiger partial charge on any atom is -0.459 e. The number of epoxide rings is 1. The lowest BCUT2D eigenvalue weighted by atomic mass is 9.87. The largest absolute Gasteiger partial charge is 0.459 e. The van der Waals surface area contributed by atoms with Gasteiger partial charge in [0, 0.05) is 50.9 Å². The fourth-order valence-corrected chi connectivity index (χ4v) is 8.99. The van der Waals surface area contributed by atoms with Crippen LogP contribution in [0.3, 0.4) is 0 Å². The third-order valence-corrected chi connectivity index (χ3v) is 12.7. The first-order valence-electron chi connectivity index (χ1n) is 21.8. The van der Waals surface area contributed by atoms with Crippen molar-refractivity contribution in [2.45, 2.75) is 184 Å². The topological polar surface area (TPSA) is 202 Å². The van der Waals surface area contributed by atoms with E-state index in [9.17, 15) is 33.9 Å². The Morgan fingerprint density at radius 2 is 1.67 bits per heavy atom. The highest BCUT2D eigenvalue weighted by molar-refractivity contribution is 7.81. The molecule has 0 aromatic carbocycles. The summed E-state index contributed by atoms with van der Waals surface area (Å²) < 4.78 is 23.4. The number of nitrogens with one attached hydrogen (secondary N) is 3. The second-order valence-corrected chi connectivity index (χ2v) is 18.1. The summed E-state index contributed by atoms with van der Waals surface area (Å²) in [4.78, 5) is 74.5. The minimum absolute atomic E-state index is 0.00626. The number of likely N-dealkylation sites (tertiary alicyclic amines) is 1. The van der Waals surface area contributed by atoms with Crippen molar-refractivity contribution in [3.05, 3.63) is 36.0 Å². The molecular weight excluding hydrogens is 793 g/mol. The predicted molar refractivity (Wildman–Crippen MR) is 225 cm³/mol. The van der Waals surface area contributed by atoms with E-state index in [1.807, 2.05) is 26.0 Å². The Balaban J connectivity index is 0.987. The fraction of sp³-hybridized carbons (Fsp3) is 0.727. The summed E-state index contributed by atoms with van der Waals surface area (Å²) >= 11 is 4.15. The third-order valence-electron chi connectivity index (χ3n) is 12.3. The molecule has 5 aliphatic rings. The van der Waals surface area contributed by atoms with Crippen molar-refractivity contribution in [1.82, 2.24) is 20.9 Å². The molecule has 15 nitrogen and oxygen atoms in total. The summed E-state index contributed by atoms with van der Waals surface area (Å²) in [6.07, 6.45) is 13.9. The lowest BCUT2D eigenvalue weighted by Gasteiger charge is -2.39. The number of esters is 1. The summed E-state index contributed by atoms with van der Waals surface area (Å²) in [5.74, 6) is -1.01. The molecule has 5 fully saturated rings. The maximum atomic E-state index is 13.2. The molecule has 16 heteroatoms. The zero-order chi connectivity index (χ0) is 43.6. The van der Waals surface area contributed by atoms with E-state index in [0.717, 1.165) is 44.1 Å². The number of thiol groups is 1. The van der Waals surface area contributed by atoms with Gasteiger partial charge in [-0.15, -0.1) is 0 Å². The molecule has 1 aliphatic carbocycles. The summed E-state index contributed by atoms with van der Waals surface area (Å²) in [6, 6.07) is -0.0802. The molecule has 10 atom stereocenters. The molecule has 0 aromatic rings. The molecule has 0 aromatic heterocycles. The standard InChI is InChI=1S/C44H66N4O11S/c1-26(10-17-35-27(2)21-34(29(4)58-35)47-39(51)19-12-28(3)57-30(5)49)11-18-36-42(54)44(25-56-44)24-33(59-36)22-40(52)46-32-15-13-31(14-16-32)45-38(50)9-7-6-8-20-48-41(53)23-37(60)43(48)55/h10-12,18-19,27-29,31-37,42,54,60H,6-9,13-17,20-25H2,1-5H3,(H,45,50)(H,46,52)(H,47,51)/b18-11+,19-12-,26-10+/t27-,28-,29+,31?,32?,33+,34+,35-,36+,37?,42+,44+/m0/s1. The van der Waals surface area contributed by atoms with Crippen LogP contribution >= 0.6 is 12.6 Å². The second-order valence-electron chi connectivity index (χ2n) is 17.5. The van der Waals surface area contributed by atoms with Crippen LogP contribution in [-0.4, -0.2) is 124 Å². The quantitative estimate of drug-likeness (QED) is 0.0257. The molecule has 1 unspecified atom stereocenters. The first-order chi connectivity index (χ1) is 28.5. The van der Waals surface area contributed by atoms with Crippen molar-refractivity contribution in [1.29, 1.82) is 0 Å². The third kappa shape index (κ3) is 14.0. The van der Waals surface area contributed by atoms with Gasteiger partial charge in [-0.25, -0.2) is 0 Å². The fourth-order valence-electron chi connectivity index (χ4n) is 8.69. The Labute approximate surface area is 359 Å². The molecule has 1 spiro atoms. The van der Waals surface area contributed by atoms with Crippen LogP contribution in [0.4, 0.5) is 0 Å². The van der Waals surface area contributed by atoms with Gasteiger partial charge in [-0.1, -0.05) is 37.1 Å². The van der Waals surface area contributed by atoms with Crippen LogP contribution in [0.2, 0.25) is 0 Å². The van der Waals surface area contributed by atoms with Gasteiger partial charge in [0.25, 0.3) is 0 Å². The van der Waals surface area contributed by atoms with Crippen molar-refractivity contribution in [3.63, 3.8) is 0 Å². The van der Waals surface area contributed by atoms with Crippen LogP contribution in [0.1, 0.15) is 118 Å². The van der Waals surface area contributed by atoms with Gasteiger partial charge < -0.3 is 40.0 Å². The molecule has 5 amide bonds. The maximum Gasteiger partial charge on any atom is 0.303 e. The van der Waals surface area contributed by atoms with Gasteiger partial charge in [0.05, 0.1) is 42.6 Å². The summed E-state index contributed by atoms with van der Waals surface area (Å²) in [5.41, 5.74) is 0.268. The Hall–Kier alpha value is -3.57. The average molecular weight is 859 g/mol. The van der Waals surface area contributed by atoms with Crippen LogP contribution in [-0.2, 0) is 47.7 Å². The van der Waals surface area contributed by atoms with E-state index in [0.29, 0.717) is 45.3 Å². The zero-order valence-corrected chi connectivity index (χ0v) is 36.7. The Bertz CT molecular complexity index is 1640. The van der Waals surface area contributed by atoms with E-state index >= 15 is 0 Å². The summed E-state index contributed by atoms with van der Waals surface area (Å²) in [6.45, 7) is 9.84. The van der Waals surface area contributed by atoms with Gasteiger partial charge >= 0.3 is 5.97 Å². The first-order valence-corrected chi connectivity index (χ1v) is 22.3. The van der Waals surface area contributed by atoms with E-state index in [4.69, 9.17) is 18.9 Å². The van der Waals surface area contributed by atoms with Crippen molar-refractivity contribution >= 4 is 48.1 Å². The van der Waals surface area contributed by atoms with Gasteiger partial charge in [0.15, 0.2) is 0 Å². The number of amides is 5. The van der Waals surface area contributed by atoms with E-state index < -0.39 is 41.2 Å². The van der Waals surface area contributed by atoms with Crippen molar-refractivity contribution in [2.24, 2.45) is 5.92 Å². The van der Waals surface area contributed by atoms with Gasteiger partial charge in [0.2, 0.25) is 29.5 Å². The van der Waals surface area contributed by atoms with Gasteiger partial charge in [-0.3, -0.25) is 33.7 Å². The Morgan fingerprint density at radius 3 is 2.30 bits per heavy atom. The van der Waals surface area contributed by atoms with Crippen molar-refractivity contribution in [2.75, 3.05) is 13.2 Å². The number of unbranched alkanes of at least 4 members (excludes halogenated alkanes) is 2. The van der Waals surface area contributed by atoms with E-state index in [2.05, 4.69) is 41.6 Å². The van der Waals surface area contributed by atoms with Crippen LogP contribution in [0.25, 0.3) is 0 Å². The zero-order valence-electron chi connectivity index (χ0n) is 35.8. The minimum atomic E-state index is -0.853. The number of nitrogens with zero attached hydrogens (tertiary/aromatic N) is 1. The number of carbonyl (C=O) groups excluding carboxylic acids is 6. The number of aliphatic hydroxyl groups is 1. The van der Waals surface area contributed by atoms with E-state index in [1.165, 1.54) is 17.9 Å². The SMILES string of the molecule is CC(=O)O[C@@H](C)/C=C\C(=O)N[C@@H]1C[C@H](C)[C@H](C/C=C(C)/C=C/[C@H]2O[C@H](CC(=O)NC3CCC(NC(=O)CCCCCN4C(=O)CC(S)C4=O)CC3)C[C@@]3(CO3)[C@@H]2O)O[C@@H]1C. The molecule has 0 bridgehead atoms. The highest BCUT2D eigenvalue weighted by Crippen LogP contribution is 2.43. The number of hydrogen-bond acceptors (Lipinski definition) is 12. The second kappa shape index (κ2) is 22.0. The summed E-state index contributed by atoms with van der Waals surface area (Å²) in [7, 11) is 0. The van der Waals surface area contributed by atoms with Gasteiger partial charge in [-0.05, 0) is 84.1 Å². The monoisotopic (exact) mass is 858 g/mol. The molecule has 0 radical (unpaired) electrons. The Kier molecular flexibility index (Phi) is 17.4. The number of hydrogen-bond donors (Lipinski definition) is 5. The number of ether oxygens (including phenoxy) is 4. The molecule has 334 valence electrons. The average Bonchev–Trinajstić information content (AvgIpc) is 3.91. The van der Waals surface area contributed by atoms with Gasteiger partial charge in [0.1, 0.15) is 23.9 Å². The normalized spacial score (nSPS) is 33.9. The molecule has 4 aliphatic heterocycles. The van der Waals surface area contributed by atoms with Crippen molar-refractivity contribution in [3.8, 4) is 0 Å². The van der Waals surface area contributed by atoms with Crippen LogP contribution in [0, 0.1) is 5.92 Å². The number of rotatable bonds is 18. The molecular formula is C44H66N4O11S. The molecule has 60 heavy (non-hydrogen) atoms. The van der Waals surface area contributed by atoms with Crippen LogP contribution < -0.4 is 16.0 Å². The highest BCUT2D eigenvalue weighted by atomic mass is 32.1.